The lowest BCUT2D eigenvalue weighted by Gasteiger charge is -2.12. The number of rotatable bonds is 3. The lowest BCUT2D eigenvalue weighted by Crippen LogP contribution is -2.14. The van der Waals surface area contributed by atoms with Gasteiger partial charge in [0, 0.05) is 54.3 Å². The highest BCUT2D eigenvalue weighted by atomic mass is 19.1. The zero-order valence-electron chi connectivity index (χ0n) is 15.6. The van der Waals surface area contributed by atoms with Crippen LogP contribution in [0.4, 0.5) is 14.5 Å². The molecule has 0 saturated heterocycles. The van der Waals surface area contributed by atoms with Gasteiger partial charge in [-0.3, -0.25) is 9.89 Å². The van der Waals surface area contributed by atoms with Crippen molar-refractivity contribution in [3.63, 3.8) is 0 Å². The Balaban J connectivity index is 1.93. The first kappa shape index (κ1) is 17.9. The van der Waals surface area contributed by atoms with Crippen LogP contribution in [0.15, 0.2) is 53.3 Å². The van der Waals surface area contributed by atoms with Crippen LogP contribution < -0.4 is 10.5 Å². The van der Waals surface area contributed by atoms with Gasteiger partial charge in [-0.25, -0.2) is 18.3 Å². The Hall–Kier alpha value is -3.48. The standard InChI is InChI=1S/C21H18F2N4O/c1-12-20(16-9-6-14(22)10-17(16)23)21-24-18(11-19(28)27(21)25-12)13-4-7-15(8-5-13)26(2)3/h4-11,25H,1-3H3. The summed E-state index contributed by atoms with van der Waals surface area (Å²) in [5.41, 5.74) is 3.44. The number of benzene rings is 2. The highest BCUT2D eigenvalue weighted by molar-refractivity contribution is 5.81. The maximum absolute atomic E-state index is 14.4. The molecular formula is C21H18F2N4O. The van der Waals surface area contributed by atoms with Crippen molar-refractivity contribution in [2.75, 3.05) is 19.0 Å². The molecule has 0 radical (unpaired) electrons. The molecule has 2 aromatic carbocycles. The van der Waals surface area contributed by atoms with Gasteiger partial charge >= 0.3 is 0 Å². The van der Waals surface area contributed by atoms with E-state index in [1.165, 1.54) is 22.7 Å². The van der Waals surface area contributed by atoms with E-state index in [-0.39, 0.29) is 11.1 Å². The number of aromatic nitrogens is 3. The van der Waals surface area contributed by atoms with Gasteiger partial charge in [-0.1, -0.05) is 12.1 Å². The molecule has 0 unspecified atom stereocenters. The molecule has 0 spiro atoms. The van der Waals surface area contributed by atoms with Crippen LogP contribution in [0.5, 0.6) is 0 Å². The van der Waals surface area contributed by atoms with Crippen LogP contribution >= 0.6 is 0 Å². The van der Waals surface area contributed by atoms with Crippen LogP contribution in [-0.4, -0.2) is 28.7 Å². The smallest absolute Gasteiger partial charge is 0.273 e. The molecule has 0 saturated carbocycles. The van der Waals surface area contributed by atoms with Crippen molar-refractivity contribution in [3.05, 3.63) is 76.2 Å². The zero-order valence-corrected chi connectivity index (χ0v) is 15.6. The van der Waals surface area contributed by atoms with Gasteiger partial charge in [0.2, 0.25) is 0 Å². The van der Waals surface area contributed by atoms with Crippen LogP contribution in [0, 0.1) is 18.6 Å². The number of fused-ring (bicyclic) bond motifs is 1. The Labute approximate surface area is 159 Å². The molecule has 7 heteroatoms. The van der Waals surface area contributed by atoms with Gasteiger partial charge in [-0.05, 0) is 31.2 Å². The molecule has 28 heavy (non-hydrogen) atoms. The van der Waals surface area contributed by atoms with E-state index in [4.69, 9.17) is 0 Å². The van der Waals surface area contributed by atoms with E-state index in [9.17, 15) is 13.6 Å². The number of aryl methyl sites for hydroxylation is 1. The Morgan fingerprint density at radius 2 is 1.75 bits per heavy atom. The minimum atomic E-state index is -0.709. The minimum absolute atomic E-state index is 0.185. The molecule has 0 aliphatic carbocycles. The van der Waals surface area contributed by atoms with Crippen molar-refractivity contribution in [2.45, 2.75) is 6.92 Å². The lowest BCUT2D eigenvalue weighted by atomic mass is 10.1. The molecule has 2 aromatic heterocycles. The maximum Gasteiger partial charge on any atom is 0.273 e. The fourth-order valence-corrected chi connectivity index (χ4v) is 3.24. The van der Waals surface area contributed by atoms with E-state index in [0.29, 0.717) is 22.6 Å². The molecule has 0 amide bonds. The topological polar surface area (TPSA) is 53.4 Å². The second kappa shape index (κ2) is 6.60. The average molecular weight is 380 g/mol. The lowest BCUT2D eigenvalue weighted by molar-refractivity contribution is 0.585. The summed E-state index contributed by atoms with van der Waals surface area (Å²) in [6.45, 7) is 1.72. The van der Waals surface area contributed by atoms with Crippen molar-refractivity contribution in [1.82, 2.24) is 14.6 Å². The fraction of sp³-hybridized carbons (Fsp3) is 0.143. The number of hydrogen-bond donors (Lipinski definition) is 1. The normalized spacial score (nSPS) is 11.2. The predicted molar refractivity (Wildman–Crippen MR) is 106 cm³/mol. The van der Waals surface area contributed by atoms with Gasteiger partial charge in [-0.2, -0.15) is 0 Å². The second-order valence-corrected chi connectivity index (χ2v) is 6.82. The van der Waals surface area contributed by atoms with E-state index in [1.54, 1.807) is 6.92 Å². The highest BCUT2D eigenvalue weighted by Crippen LogP contribution is 2.30. The van der Waals surface area contributed by atoms with Gasteiger partial charge in [0.1, 0.15) is 11.6 Å². The van der Waals surface area contributed by atoms with Crippen molar-refractivity contribution in [3.8, 4) is 22.4 Å². The molecule has 4 aromatic rings. The summed E-state index contributed by atoms with van der Waals surface area (Å²) in [5.74, 6) is -1.37. The summed E-state index contributed by atoms with van der Waals surface area (Å²) in [4.78, 5) is 19.2. The van der Waals surface area contributed by atoms with Gasteiger partial charge in [0.15, 0.2) is 5.65 Å². The monoisotopic (exact) mass is 380 g/mol. The Kier molecular flexibility index (Phi) is 4.22. The molecule has 4 rings (SSSR count). The van der Waals surface area contributed by atoms with E-state index >= 15 is 0 Å². The summed E-state index contributed by atoms with van der Waals surface area (Å²) in [6, 6.07) is 12.4. The molecule has 0 aliphatic rings. The first-order valence-electron chi connectivity index (χ1n) is 8.70. The molecular weight excluding hydrogens is 362 g/mol. The highest BCUT2D eigenvalue weighted by Gasteiger charge is 2.18. The number of anilines is 1. The first-order chi connectivity index (χ1) is 13.3. The molecule has 0 aliphatic heterocycles. The zero-order chi connectivity index (χ0) is 20.0. The average Bonchev–Trinajstić information content (AvgIpc) is 2.98. The molecule has 0 bridgehead atoms. The van der Waals surface area contributed by atoms with E-state index in [2.05, 4.69) is 10.1 Å². The number of aromatic amines is 1. The summed E-state index contributed by atoms with van der Waals surface area (Å²) >= 11 is 0. The SMILES string of the molecule is Cc1[nH]n2c(=O)cc(-c3ccc(N(C)C)cc3)nc2c1-c1ccc(F)cc1F. The molecule has 0 fully saturated rings. The van der Waals surface area contributed by atoms with Crippen LogP contribution in [0.2, 0.25) is 0 Å². The summed E-state index contributed by atoms with van der Waals surface area (Å²) < 4.78 is 29.0. The summed E-state index contributed by atoms with van der Waals surface area (Å²) in [7, 11) is 3.88. The van der Waals surface area contributed by atoms with E-state index in [0.717, 1.165) is 17.3 Å². The van der Waals surface area contributed by atoms with Gasteiger partial charge in [-0.15, -0.1) is 0 Å². The number of halogens is 2. The summed E-state index contributed by atoms with van der Waals surface area (Å²) in [6.07, 6.45) is 0. The van der Waals surface area contributed by atoms with Crippen LogP contribution in [0.1, 0.15) is 5.69 Å². The third-order valence-electron chi connectivity index (χ3n) is 4.68. The van der Waals surface area contributed by atoms with Crippen molar-refractivity contribution in [1.29, 1.82) is 0 Å². The molecule has 5 nitrogen and oxygen atoms in total. The van der Waals surface area contributed by atoms with Gasteiger partial charge < -0.3 is 4.90 Å². The molecule has 2 heterocycles. The first-order valence-corrected chi connectivity index (χ1v) is 8.70. The van der Waals surface area contributed by atoms with E-state index < -0.39 is 11.6 Å². The molecule has 142 valence electrons. The number of nitrogens with one attached hydrogen (secondary N) is 1. The Morgan fingerprint density at radius 1 is 1.04 bits per heavy atom. The fourth-order valence-electron chi connectivity index (χ4n) is 3.24. The second-order valence-electron chi connectivity index (χ2n) is 6.82. The number of hydrogen-bond acceptors (Lipinski definition) is 3. The predicted octanol–water partition coefficient (Wildman–Crippen LogP) is 4.01. The van der Waals surface area contributed by atoms with Crippen molar-refractivity contribution < 1.29 is 8.78 Å². The number of H-pyrrole nitrogens is 1. The third kappa shape index (κ3) is 2.94. The van der Waals surface area contributed by atoms with Crippen LogP contribution in [0.3, 0.4) is 0 Å². The Bertz CT molecular complexity index is 1240. The van der Waals surface area contributed by atoms with Gasteiger partial charge in [0.25, 0.3) is 5.56 Å². The molecule has 0 atom stereocenters. The number of nitrogens with zero attached hydrogens (tertiary/aromatic N) is 3. The minimum Gasteiger partial charge on any atom is -0.378 e. The molecule has 1 N–H and O–H groups in total. The van der Waals surface area contributed by atoms with Crippen molar-refractivity contribution >= 4 is 11.3 Å². The van der Waals surface area contributed by atoms with Crippen molar-refractivity contribution in [2.24, 2.45) is 0 Å². The maximum atomic E-state index is 14.4. The Morgan fingerprint density at radius 3 is 2.39 bits per heavy atom. The quantitative estimate of drug-likeness (QED) is 0.584. The largest absolute Gasteiger partial charge is 0.378 e. The van der Waals surface area contributed by atoms with Crippen LogP contribution in [-0.2, 0) is 0 Å². The summed E-state index contributed by atoms with van der Waals surface area (Å²) in [5, 5.41) is 2.91. The third-order valence-corrected chi connectivity index (χ3v) is 4.68. The van der Waals surface area contributed by atoms with E-state index in [1.807, 2.05) is 43.3 Å². The van der Waals surface area contributed by atoms with Gasteiger partial charge in [0.05, 0.1) is 5.69 Å². The van der Waals surface area contributed by atoms with Crippen LogP contribution in [0.25, 0.3) is 28.0 Å².